The van der Waals surface area contributed by atoms with Gasteiger partial charge in [0.2, 0.25) is 5.91 Å². The molecule has 0 spiro atoms. The van der Waals surface area contributed by atoms with Crippen molar-refractivity contribution in [2.24, 2.45) is 23.7 Å². The van der Waals surface area contributed by atoms with E-state index in [9.17, 15) is 14.7 Å². The van der Waals surface area contributed by atoms with Crippen LogP contribution in [0.5, 0.6) is 0 Å². The number of rotatable bonds is 3. The molecule has 0 saturated heterocycles. The van der Waals surface area contributed by atoms with Crippen LogP contribution < -0.4 is 10.4 Å². The monoisotopic (exact) mass is 257 g/mol. The Morgan fingerprint density at radius 1 is 1.26 bits per heavy atom. The molecular weight excluding hydrogens is 244 g/mol. The Hall–Kier alpha value is -2.17. The van der Waals surface area contributed by atoms with Gasteiger partial charge in [-0.2, -0.15) is 0 Å². The second-order valence-corrected chi connectivity index (χ2v) is 5.05. The molecule has 0 radical (unpaired) electrons. The maximum atomic E-state index is 12.3. The van der Waals surface area contributed by atoms with Gasteiger partial charge >= 0.3 is 0 Å². The number of anilines is 1. The maximum absolute atomic E-state index is 12.3. The fourth-order valence-corrected chi connectivity index (χ4v) is 3.16. The number of carboxylic acid groups (broad SMARTS) is 1. The minimum Gasteiger partial charge on any atom is -0.550 e. The fourth-order valence-electron chi connectivity index (χ4n) is 3.16. The summed E-state index contributed by atoms with van der Waals surface area (Å²) >= 11 is 0. The average molecular weight is 257 g/mol. The molecule has 19 heavy (non-hydrogen) atoms. The highest BCUT2D eigenvalue weighted by Crippen LogP contribution is 2.48. The van der Waals surface area contributed by atoms with E-state index >= 15 is 0 Å². The van der Waals surface area contributed by atoms with E-state index in [1.807, 2.05) is 12.2 Å². The third-order valence-electron chi connectivity index (χ3n) is 3.96. The van der Waals surface area contributed by atoms with E-state index in [4.69, 9.17) is 0 Å². The Labute approximate surface area is 110 Å². The molecule has 1 saturated carbocycles. The molecule has 2 bridgehead atoms. The van der Waals surface area contributed by atoms with Crippen LogP contribution >= 0.6 is 0 Å². The molecule has 2 aliphatic rings. The second-order valence-electron chi connectivity index (χ2n) is 5.05. The van der Waals surface area contributed by atoms with Gasteiger partial charge in [-0.05, 0) is 30.4 Å². The molecule has 5 heteroatoms. The third-order valence-corrected chi connectivity index (χ3v) is 3.96. The third kappa shape index (κ3) is 2.01. The number of amides is 1. The van der Waals surface area contributed by atoms with Crippen LogP contribution in [0.1, 0.15) is 6.42 Å². The zero-order valence-corrected chi connectivity index (χ0v) is 10.2. The summed E-state index contributed by atoms with van der Waals surface area (Å²) in [6, 6.07) is 3.44. The Bertz CT molecular complexity index is 541. The number of hydrogen-bond donors (Lipinski definition) is 1. The van der Waals surface area contributed by atoms with Crippen molar-refractivity contribution in [3.05, 3.63) is 36.7 Å². The Balaban J connectivity index is 1.79. The number of hydrogen-bond acceptors (Lipinski definition) is 4. The first kappa shape index (κ1) is 11.9. The quantitative estimate of drug-likeness (QED) is 0.785. The summed E-state index contributed by atoms with van der Waals surface area (Å²) in [4.78, 5) is 27.4. The van der Waals surface area contributed by atoms with Crippen molar-refractivity contribution in [2.75, 3.05) is 5.32 Å². The second kappa shape index (κ2) is 4.50. The number of pyridine rings is 1. The molecule has 0 aliphatic heterocycles. The van der Waals surface area contributed by atoms with Crippen molar-refractivity contribution in [3.8, 4) is 0 Å². The number of nitrogens with one attached hydrogen (secondary N) is 1. The molecule has 98 valence electrons. The summed E-state index contributed by atoms with van der Waals surface area (Å²) in [6.45, 7) is 0. The zero-order chi connectivity index (χ0) is 13.4. The largest absolute Gasteiger partial charge is 0.550 e. The van der Waals surface area contributed by atoms with Gasteiger partial charge in [-0.1, -0.05) is 12.2 Å². The van der Waals surface area contributed by atoms with Gasteiger partial charge in [0.15, 0.2) is 0 Å². The summed E-state index contributed by atoms with van der Waals surface area (Å²) < 4.78 is 0. The van der Waals surface area contributed by atoms with Crippen LogP contribution in [0.4, 0.5) is 5.69 Å². The van der Waals surface area contributed by atoms with Crippen LogP contribution in [0.15, 0.2) is 36.7 Å². The SMILES string of the molecule is O=C([O-])C1C2C=CC(C2)C1C(=O)Nc1cccnc1. The number of carbonyl (C=O) groups excluding carboxylic acids is 2. The molecule has 0 aromatic carbocycles. The van der Waals surface area contributed by atoms with Gasteiger partial charge in [0.05, 0.1) is 17.8 Å². The van der Waals surface area contributed by atoms with Gasteiger partial charge in [0.25, 0.3) is 0 Å². The number of fused-ring (bicyclic) bond motifs is 2. The molecule has 4 unspecified atom stereocenters. The molecule has 1 aromatic rings. The summed E-state index contributed by atoms with van der Waals surface area (Å²) in [5.74, 6) is -2.72. The van der Waals surface area contributed by atoms with E-state index in [-0.39, 0.29) is 17.7 Å². The normalized spacial score (nSPS) is 31.4. The lowest BCUT2D eigenvalue weighted by atomic mass is 9.82. The van der Waals surface area contributed by atoms with Crippen molar-refractivity contribution in [3.63, 3.8) is 0 Å². The van der Waals surface area contributed by atoms with Crippen LogP contribution in [0.3, 0.4) is 0 Å². The van der Waals surface area contributed by atoms with Gasteiger partial charge in [-0.15, -0.1) is 0 Å². The van der Waals surface area contributed by atoms with Gasteiger partial charge in [0.1, 0.15) is 0 Å². The number of carbonyl (C=O) groups is 2. The molecule has 1 N–H and O–H groups in total. The number of carboxylic acids is 1. The Morgan fingerprint density at radius 2 is 2.00 bits per heavy atom. The first-order valence-corrected chi connectivity index (χ1v) is 6.27. The first-order chi connectivity index (χ1) is 9.16. The van der Waals surface area contributed by atoms with Gasteiger partial charge < -0.3 is 15.2 Å². The number of aliphatic carboxylic acids is 1. The topological polar surface area (TPSA) is 82.1 Å². The van der Waals surface area contributed by atoms with Crippen LogP contribution in [0.2, 0.25) is 0 Å². The molecule has 4 atom stereocenters. The maximum Gasteiger partial charge on any atom is 0.228 e. The van der Waals surface area contributed by atoms with E-state index in [1.54, 1.807) is 18.3 Å². The average Bonchev–Trinajstić information content (AvgIpc) is 2.99. The highest BCUT2D eigenvalue weighted by atomic mass is 16.4. The molecule has 2 aliphatic carbocycles. The summed E-state index contributed by atoms with van der Waals surface area (Å²) in [5, 5.41) is 13.9. The summed E-state index contributed by atoms with van der Waals surface area (Å²) in [6.07, 6.45) is 7.70. The van der Waals surface area contributed by atoms with Crippen molar-refractivity contribution in [2.45, 2.75) is 6.42 Å². The van der Waals surface area contributed by atoms with Crippen molar-refractivity contribution >= 4 is 17.6 Å². The highest BCUT2D eigenvalue weighted by molar-refractivity contribution is 5.96. The Morgan fingerprint density at radius 3 is 2.63 bits per heavy atom. The van der Waals surface area contributed by atoms with Gasteiger partial charge in [0, 0.05) is 18.1 Å². The van der Waals surface area contributed by atoms with E-state index in [0.717, 1.165) is 6.42 Å². The fraction of sp³-hybridized carbons (Fsp3) is 0.357. The highest BCUT2D eigenvalue weighted by Gasteiger charge is 2.48. The van der Waals surface area contributed by atoms with Crippen LogP contribution in [-0.2, 0) is 9.59 Å². The zero-order valence-electron chi connectivity index (χ0n) is 10.2. The molecule has 5 nitrogen and oxygen atoms in total. The predicted molar refractivity (Wildman–Crippen MR) is 65.6 cm³/mol. The standard InChI is InChI=1S/C14H14N2O3/c17-13(16-10-2-1-5-15-7-10)11-8-3-4-9(6-8)12(11)14(18)19/h1-5,7-9,11-12H,6H2,(H,16,17)(H,18,19)/p-1. The summed E-state index contributed by atoms with van der Waals surface area (Å²) in [7, 11) is 0. The first-order valence-electron chi connectivity index (χ1n) is 6.27. The predicted octanol–water partition coefficient (Wildman–Crippen LogP) is 0.208. The molecular formula is C14H13N2O3-. The molecule has 3 rings (SSSR count). The molecule has 1 amide bonds. The van der Waals surface area contributed by atoms with E-state index in [0.29, 0.717) is 5.69 Å². The lowest BCUT2D eigenvalue weighted by Gasteiger charge is -2.27. The van der Waals surface area contributed by atoms with Crippen LogP contribution in [-0.4, -0.2) is 16.9 Å². The lowest BCUT2D eigenvalue weighted by Crippen LogP contribution is -2.42. The van der Waals surface area contributed by atoms with Gasteiger partial charge in [-0.25, -0.2) is 0 Å². The van der Waals surface area contributed by atoms with Crippen LogP contribution in [0, 0.1) is 23.7 Å². The van der Waals surface area contributed by atoms with Crippen molar-refractivity contribution < 1.29 is 14.7 Å². The van der Waals surface area contributed by atoms with Crippen LogP contribution in [0.25, 0.3) is 0 Å². The molecule has 1 aromatic heterocycles. The minimum absolute atomic E-state index is 0.00423. The van der Waals surface area contributed by atoms with Gasteiger partial charge in [-0.3, -0.25) is 9.78 Å². The van der Waals surface area contributed by atoms with E-state index in [1.165, 1.54) is 6.20 Å². The lowest BCUT2D eigenvalue weighted by molar-refractivity contribution is -0.313. The summed E-state index contributed by atoms with van der Waals surface area (Å²) in [5.41, 5.74) is 0.580. The van der Waals surface area contributed by atoms with Crippen molar-refractivity contribution in [1.29, 1.82) is 0 Å². The molecule has 1 fully saturated rings. The minimum atomic E-state index is -1.14. The smallest absolute Gasteiger partial charge is 0.228 e. The Kier molecular flexibility index (Phi) is 2.81. The number of aromatic nitrogens is 1. The van der Waals surface area contributed by atoms with E-state index in [2.05, 4.69) is 10.3 Å². The molecule has 1 heterocycles. The number of nitrogens with zero attached hydrogens (tertiary/aromatic N) is 1. The van der Waals surface area contributed by atoms with Crippen molar-refractivity contribution in [1.82, 2.24) is 4.98 Å². The van der Waals surface area contributed by atoms with E-state index < -0.39 is 17.8 Å². The number of allylic oxidation sites excluding steroid dienone is 2.